The van der Waals surface area contributed by atoms with Gasteiger partial charge in [0.1, 0.15) is 11.6 Å². The van der Waals surface area contributed by atoms with Crippen molar-refractivity contribution in [1.82, 2.24) is 15.5 Å². The van der Waals surface area contributed by atoms with Crippen LogP contribution in [0.3, 0.4) is 0 Å². The molecule has 3 aliphatic rings. The third kappa shape index (κ3) is 3.56. The van der Waals surface area contributed by atoms with Gasteiger partial charge in [0.25, 0.3) is 0 Å². The van der Waals surface area contributed by atoms with E-state index >= 15 is 0 Å². The van der Waals surface area contributed by atoms with E-state index in [0.717, 1.165) is 51.6 Å². The Morgan fingerprint density at radius 2 is 1.88 bits per heavy atom. The molecule has 1 saturated carbocycles. The summed E-state index contributed by atoms with van der Waals surface area (Å²) in [5, 5.41) is 17.1. The molecule has 0 unspecified atom stereocenters. The van der Waals surface area contributed by atoms with Crippen molar-refractivity contribution >= 4 is 11.8 Å². The third-order valence-electron chi connectivity index (χ3n) is 6.40. The molecule has 3 N–H and O–H groups in total. The van der Waals surface area contributed by atoms with Crippen LogP contribution in [0.5, 0.6) is 0 Å². The first-order chi connectivity index (χ1) is 12.1. The second kappa shape index (κ2) is 8.04. The van der Waals surface area contributed by atoms with Gasteiger partial charge in [-0.3, -0.25) is 9.59 Å². The molecule has 0 bridgehead atoms. The maximum Gasteiger partial charge on any atom is 0.248 e. The zero-order valence-corrected chi connectivity index (χ0v) is 15.4. The molecule has 0 aromatic heterocycles. The molecular weight excluding hydrogens is 318 g/mol. The van der Waals surface area contributed by atoms with Crippen molar-refractivity contribution < 1.29 is 14.7 Å². The highest BCUT2D eigenvalue weighted by Crippen LogP contribution is 2.34. The number of carbonyl (C=O) groups excluding carboxylic acids is 2. The Hall–Kier alpha value is -1.14. The minimum atomic E-state index is -0.770. The van der Waals surface area contributed by atoms with Crippen LogP contribution in [0.15, 0.2) is 0 Å². The van der Waals surface area contributed by atoms with Gasteiger partial charge in [-0.2, -0.15) is 0 Å². The summed E-state index contributed by atoms with van der Waals surface area (Å²) in [6, 6.07) is -0.770. The molecule has 0 radical (unpaired) electrons. The number of aliphatic hydroxyl groups excluding tert-OH is 1. The van der Waals surface area contributed by atoms with Crippen molar-refractivity contribution in [2.24, 2.45) is 5.92 Å². The number of carbonyl (C=O) groups is 2. The van der Waals surface area contributed by atoms with E-state index in [9.17, 15) is 14.7 Å². The van der Waals surface area contributed by atoms with Gasteiger partial charge in [-0.25, -0.2) is 0 Å². The van der Waals surface area contributed by atoms with Crippen LogP contribution in [0.4, 0.5) is 0 Å². The smallest absolute Gasteiger partial charge is 0.248 e. The number of amides is 2. The van der Waals surface area contributed by atoms with Crippen LogP contribution in [0.1, 0.15) is 64.7 Å². The molecule has 25 heavy (non-hydrogen) atoms. The fraction of sp³-hybridized carbons (Fsp3) is 0.895. The van der Waals surface area contributed by atoms with E-state index in [0.29, 0.717) is 19.4 Å². The molecule has 6 nitrogen and oxygen atoms in total. The maximum absolute atomic E-state index is 13.3. The van der Waals surface area contributed by atoms with Crippen LogP contribution >= 0.6 is 0 Å². The number of hydrogen-bond acceptors (Lipinski definition) is 4. The Morgan fingerprint density at radius 1 is 1.20 bits per heavy atom. The van der Waals surface area contributed by atoms with Crippen LogP contribution in [-0.4, -0.2) is 59.1 Å². The molecule has 1 aliphatic carbocycles. The molecule has 142 valence electrons. The lowest BCUT2D eigenvalue weighted by molar-refractivity contribution is -0.164. The van der Waals surface area contributed by atoms with E-state index in [4.69, 9.17) is 0 Å². The van der Waals surface area contributed by atoms with Crippen molar-refractivity contribution in [2.75, 3.05) is 19.6 Å². The summed E-state index contributed by atoms with van der Waals surface area (Å²) in [5.74, 6) is -0.0179. The Bertz CT molecular complexity index is 484. The number of nitrogens with one attached hydrogen (secondary N) is 2. The fourth-order valence-electron chi connectivity index (χ4n) is 4.80. The molecule has 3 fully saturated rings. The Labute approximate surface area is 150 Å². The molecule has 2 saturated heterocycles. The number of unbranched alkanes of at least 4 members (excludes halogenated alkanes) is 1. The van der Waals surface area contributed by atoms with Gasteiger partial charge in [0, 0.05) is 6.54 Å². The van der Waals surface area contributed by atoms with Crippen molar-refractivity contribution in [3.05, 3.63) is 0 Å². The number of nitrogens with zero attached hydrogens (tertiary/aromatic N) is 1. The number of hydrogen-bond donors (Lipinski definition) is 3. The monoisotopic (exact) mass is 351 g/mol. The second-order valence-corrected chi connectivity index (χ2v) is 7.96. The lowest BCUT2D eigenvalue weighted by Crippen LogP contribution is -2.75. The van der Waals surface area contributed by atoms with Crippen LogP contribution in [-0.2, 0) is 9.59 Å². The summed E-state index contributed by atoms with van der Waals surface area (Å²) in [6.45, 7) is 4.20. The van der Waals surface area contributed by atoms with Crippen molar-refractivity contribution in [3.63, 3.8) is 0 Å². The van der Waals surface area contributed by atoms with Crippen LogP contribution in [0.25, 0.3) is 0 Å². The van der Waals surface area contributed by atoms with Gasteiger partial charge in [0.15, 0.2) is 0 Å². The van der Waals surface area contributed by atoms with E-state index < -0.39 is 17.7 Å². The van der Waals surface area contributed by atoms with E-state index in [1.54, 1.807) is 0 Å². The Morgan fingerprint density at radius 3 is 2.52 bits per heavy atom. The number of piperazine rings is 1. The zero-order chi connectivity index (χ0) is 17.9. The minimum Gasteiger partial charge on any atom is -0.390 e. The predicted molar refractivity (Wildman–Crippen MR) is 96.0 cm³/mol. The average Bonchev–Trinajstić information content (AvgIpc) is 2.66. The van der Waals surface area contributed by atoms with Crippen LogP contribution in [0.2, 0.25) is 0 Å². The number of piperidine rings is 1. The largest absolute Gasteiger partial charge is 0.390 e. The number of aliphatic hydroxyl groups is 1. The lowest BCUT2D eigenvalue weighted by atomic mass is 9.78. The summed E-state index contributed by atoms with van der Waals surface area (Å²) < 4.78 is 0. The normalized spacial score (nSPS) is 28.9. The molecular formula is C19H33N3O3. The summed E-state index contributed by atoms with van der Waals surface area (Å²) in [6.07, 6.45) is 7.72. The molecule has 1 spiro atoms. The lowest BCUT2D eigenvalue weighted by Gasteiger charge is -2.51. The third-order valence-corrected chi connectivity index (χ3v) is 6.40. The highest BCUT2D eigenvalue weighted by atomic mass is 16.3. The van der Waals surface area contributed by atoms with Gasteiger partial charge in [-0.1, -0.05) is 32.6 Å². The highest BCUT2D eigenvalue weighted by Gasteiger charge is 2.54. The molecule has 2 atom stereocenters. The van der Waals surface area contributed by atoms with Crippen molar-refractivity contribution in [2.45, 2.75) is 82.4 Å². The zero-order valence-electron chi connectivity index (χ0n) is 15.4. The summed E-state index contributed by atoms with van der Waals surface area (Å²) >= 11 is 0. The van der Waals surface area contributed by atoms with E-state index in [1.807, 2.05) is 4.90 Å². The maximum atomic E-state index is 13.3. The molecule has 2 heterocycles. The summed E-state index contributed by atoms with van der Waals surface area (Å²) in [5.41, 5.74) is -0.722. The Kier molecular flexibility index (Phi) is 6.00. The van der Waals surface area contributed by atoms with E-state index in [-0.39, 0.29) is 17.7 Å². The van der Waals surface area contributed by atoms with Gasteiger partial charge in [-0.05, 0) is 51.1 Å². The van der Waals surface area contributed by atoms with E-state index in [2.05, 4.69) is 17.6 Å². The van der Waals surface area contributed by atoms with Gasteiger partial charge < -0.3 is 20.6 Å². The summed E-state index contributed by atoms with van der Waals surface area (Å²) in [7, 11) is 0. The first-order valence-electron chi connectivity index (χ1n) is 10.1. The SMILES string of the molecule is CCCCN1C(=O)[C@@H]([C@H](O)C2CCCCC2)NC(=O)C12CCNCC2. The van der Waals surface area contributed by atoms with Gasteiger partial charge in [0.2, 0.25) is 11.8 Å². The highest BCUT2D eigenvalue weighted by molar-refractivity contribution is 6.00. The second-order valence-electron chi connectivity index (χ2n) is 7.96. The fourth-order valence-corrected chi connectivity index (χ4v) is 4.80. The molecule has 0 aromatic carbocycles. The van der Waals surface area contributed by atoms with Crippen LogP contribution < -0.4 is 10.6 Å². The van der Waals surface area contributed by atoms with E-state index in [1.165, 1.54) is 6.42 Å². The first kappa shape index (κ1) is 18.6. The topological polar surface area (TPSA) is 81.7 Å². The molecule has 3 rings (SSSR count). The average molecular weight is 351 g/mol. The van der Waals surface area contributed by atoms with Crippen molar-refractivity contribution in [3.8, 4) is 0 Å². The predicted octanol–water partition coefficient (Wildman–Crippen LogP) is 1.18. The Balaban J connectivity index is 1.81. The minimum absolute atomic E-state index is 0.0652. The van der Waals surface area contributed by atoms with Crippen molar-refractivity contribution in [1.29, 1.82) is 0 Å². The van der Waals surface area contributed by atoms with Gasteiger partial charge in [0.05, 0.1) is 6.10 Å². The standard InChI is InChI=1S/C19H33N3O3/c1-2-3-13-22-17(24)15(16(23)14-7-5-4-6-8-14)21-18(25)19(22)9-11-20-12-10-19/h14-16,20,23H,2-13H2,1H3,(H,21,25)/t15-,16-/m1/s1. The number of rotatable bonds is 5. The molecule has 2 aliphatic heterocycles. The van der Waals surface area contributed by atoms with Gasteiger partial charge >= 0.3 is 0 Å². The van der Waals surface area contributed by atoms with Gasteiger partial charge in [-0.15, -0.1) is 0 Å². The summed E-state index contributed by atoms with van der Waals surface area (Å²) in [4.78, 5) is 28.1. The molecule has 6 heteroatoms. The van der Waals surface area contributed by atoms with Crippen LogP contribution in [0, 0.1) is 5.92 Å². The quantitative estimate of drug-likeness (QED) is 0.695. The molecule has 0 aromatic rings. The first-order valence-corrected chi connectivity index (χ1v) is 10.1. The molecule has 2 amide bonds.